The average Bonchev–Trinajstić information content (AvgIpc) is 2.26. The van der Waals surface area contributed by atoms with Crippen molar-refractivity contribution < 1.29 is 24.7 Å². The fourth-order valence-electron chi connectivity index (χ4n) is 1.29. The number of carbonyl (C=O) groups is 1. The van der Waals surface area contributed by atoms with Crippen LogP contribution in [0.25, 0.3) is 0 Å². The maximum Gasteiger partial charge on any atom is 0.336 e. The van der Waals surface area contributed by atoms with Crippen molar-refractivity contribution >= 4 is 11.7 Å². The van der Waals surface area contributed by atoms with Crippen LogP contribution in [0.2, 0.25) is 0 Å². The Morgan fingerprint density at radius 3 is 2.65 bits per heavy atom. The molecule has 0 unspecified atom stereocenters. The zero-order valence-corrected chi connectivity index (χ0v) is 9.04. The van der Waals surface area contributed by atoms with Gasteiger partial charge < -0.3 is 14.9 Å². The maximum atomic E-state index is 10.8. The van der Waals surface area contributed by atoms with Crippen molar-refractivity contribution in [2.45, 2.75) is 6.92 Å². The highest BCUT2D eigenvalue weighted by Crippen LogP contribution is 2.29. The number of nitro groups is 1. The number of rotatable bonds is 5. The third-order valence-corrected chi connectivity index (χ3v) is 2.13. The van der Waals surface area contributed by atoms with Gasteiger partial charge in [-0.1, -0.05) is 0 Å². The lowest BCUT2D eigenvalue weighted by Gasteiger charge is -2.09. The van der Waals surface area contributed by atoms with Gasteiger partial charge in [-0.05, 0) is 13.0 Å². The number of aromatic carboxylic acids is 1. The summed E-state index contributed by atoms with van der Waals surface area (Å²) in [5.41, 5.74) is -0.318. The molecule has 0 amide bonds. The number of hydrogen-bond donors (Lipinski definition) is 2. The number of nitro benzene ring substituents is 1. The molecule has 0 aromatic heterocycles. The van der Waals surface area contributed by atoms with E-state index in [1.807, 2.05) is 0 Å². The largest absolute Gasteiger partial charge is 0.491 e. The molecule has 7 heteroatoms. The van der Waals surface area contributed by atoms with E-state index in [1.165, 1.54) is 13.0 Å². The van der Waals surface area contributed by atoms with Gasteiger partial charge in [0.25, 0.3) is 5.69 Å². The standard InChI is InChI=1S/C10H11NO6/c1-6-8(11(15)16)4-7(10(13)14)5-9(6)17-3-2-12/h4-5,12H,2-3H2,1H3,(H,13,14). The molecule has 1 aromatic rings. The fourth-order valence-corrected chi connectivity index (χ4v) is 1.29. The van der Waals surface area contributed by atoms with Crippen molar-refractivity contribution in [1.29, 1.82) is 0 Å². The Labute approximate surface area is 96.4 Å². The molecule has 0 bridgehead atoms. The second-order valence-electron chi connectivity index (χ2n) is 3.25. The van der Waals surface area contributed by atoms with Gasteiger partial charge in [0, 0.05) is 6.07 Å². The third-order valence-electron chi connectivity index (χ3n) is 2.13. The minimum Gasteiger partial charge on any atom is -0.491 e. The van der Waals surface area contributed by atoms with Crippen LogP contribution in [-0.2, 0) is 0 Å². The molecule has 0 saturated heterocycles. The van der Waals surface area contributed by atoms with Crippen molar-refractivity contribution in [3.8, 4) is 5.75 Å². The summed E-state index contributed by atoms with van der Waals surface area (Å²) in [6.07, 6.45) is 0. The van der Waals surface area contributed by atoms with E-state index in [2.05, 4.69) is 0 Å². The summed E-state index contributed by atoms with van der Waals surface area (Å²) in [5, 5.41) is 28.1. The van der Waals surface area contributed by atoms with E-state index in [0.29, 0.717) is 0 Å². The lowest BCUT2D eigenvalue weighted by Crippen LogP contribution is -2.06. The first-order valence-electron chi connectivity index (χ1n) is 4.73. The van der Waals surface area contributed by atoms with Crippen LogP contribution in [-0.4, -0.2) is 34.3 Å². The molecule has 0 fully saturated rings. The first-order chi connectivity index (χ1) is 7.97. The van der Waals surface area contributed by atoms with E-state index in [4.69, 9.17) is 14.9 Å². The molecule has 92 valence electrons. The summed E-state index contributed by atoms with van der Waals surface area (Å²) >= 11 is 0. The Bertz CT molecular complexity index is 456. The number of ether oxygens (including phenoxy) is 1. The molecule has 0 atom stereocenters. The maximum absolute atomic E-state index is 10.8. The Morgan fingerprint density at radius 1 is 1.53 bits per heavy atom. The molecule has 17 heavy (non-hydrogen) atoms. The van der Waals surface area contributed by atoms with Crippen LogP contribution in [0.1, 0.15) is 15.9 Å². The highest BCUT2D eigenvalue weighted by Gasteiger charge is 2.19. The number of hydrogen-bond acceptors (Lipinski definition) is 5. The lowest BCUT2D eigenvalue weighted by atomic mass is 10.1. The second kappa shape index (κ2) is 5.26. The number of aliphatic hydroxyl groups is 1. The predicted octanol–water partition coefficient (Wildman–Crippen LogP) is 0.973. The van der Waals surface area contributed by atoms with E-state index in [1.54, 1.807) is 0 Å². The number of benzene rings is 1. The van der Waals surface area contributed by atoms with Crippen molar-refractivity contribution in [3.63, 3.8) is 0 Å². The van der Waals surface area contributed by atoms with Crippen LogP contribution in [0.3, 0.4) is 0 Å². The molecule has 7 nitrogen and oxygen atoms in total. The highest BCUT2D eigenvalue weighted by molar-refractivity contribution is 5.89. The third kappa shape index (κ3) is 2.91. The number of carboxylic acid groups (broad SMARTS) is 1. The number of nitrogens with zero attached hydrogens (tertiary/aromatic N) is 1. The molecule has 0 radical (unpaired) electrons. The molecule has 0 aliphatic carbocycles. The molecule has 0 saturated carbocycles. The molecule has 2 N–H and O–H groups in total. The van der Waals surface area contributed by atoms with Crippen molar-refractivity contribution in [2.24, 2.45) is 0 Å². The molecular weight excluding hydrogens is 230 g/mol. The lowest BCUT2D eigenvalue weighted by molar-refractivity contribution is -0.385. The summed E-state index contributed by atoms with van der Waals surface area (Å²) in [7, 11) is 0. The fraction of sp³-hybridized carbons (Fsp3) is 0.300. The Kier molecular flexibility index (Phi) is 4.00. The van der Waals surface area contributed by atoms with Crippen LogP contribution in [0, 0.1) is 17.0 Å². The Balaban J connectivity index is 3.27. The summed E-state index contributed by atoms with van der Waals surface area (Å²) in [5.74, 6) is -1.19. The van der Waals surface area contributed by atoms with E-state index < -0.39 is 10.9 Å². The number of aliphatic hydroxyl groups excluding tert-OH is 1. The minimum atomic E-state index is -1.28. The quantitative estimate of drug-likeness (QED) is 0.587. The average molecular weight is 241 g/mol. The summed E-state index contributed by atoms with van der Waals surface area (Å²) in [4.78, 5) is 20.8. The van der Waals surface area contributed by atoms with Gasteiger partial charge in [0.15, 0.2) is 0 Å². The zero-order valence-electron chi connectivity index (χ0n) is 9.04. The molecular formula is C10H11NO6. The van der Waals surface area contributed by atoms with Gasteiger partial charge in [0.2, 0.25) is 0 Å². The van der Waals surface area contributed by atoms with Crippen LogP contribution < -0.4 is 4.74 Å². The van der Waals surface area contributed by atoms with Crippen molar-refractivity contribution in [1.82, 2.24) is 0 Å². The topological polar surface area (TPSA) is 110 Å². The van der Waals surface area contributed by atoms with Gasteiger partial charge >= 0.3 is 5.97 Å². The molecule has 1 aromatic carbocycles. The molecule has 0 spiro atoms. The van der Waals surface area contributed by atoms with Crippen LogP contribution in [0.15, 0.2) is 12.1 Å². The number of carboxylic acids is 1. The Morgan fingerprint density at radius 2 is 2.18 bits per heavy atom. The summed E-state index contributed by atoms with van der Waals surface area (Å²) in [6.45, 7) is 1.14. The van der Waals surface area contributed by atoms with Gasteiger partial charge in [-0.2, -0.15) is 0 Å². The molecule has 0 aliphatic rings. The van der Waals surface area contributed by atoms with Gasteiger partial charge in [-0.15, -0.1) is 0 Å². The first-order valence-corrected chi connectivity index (χ1v) is 4.73. The van der Waals surface area contributed by atoms with E-state index in [0.717, 1.165) is 6.07 Å². The monoisotopic (exact) mass is 241 g/mol. The smallest absolute Gasteiger partial charge is 0.336 e. The van der Waals surface area contributed by atoms with Crippen LogP contribution >= 0.6 is 0 Å². The van der Waals surface area contributed by atoms with Gasteiger partial charge in [0.1, 0.15) is 12.4 Å². The van der Waals surface area contributed by atoms with E-state index >= 15 is 0 Å². The Hall–Kier alpha value is -2.15. The van der Waals surface area contributed by atoms with Gasteiger partial charge in [-0.3, -0.25) is 10.1 Å². The molecule has 1 rings (SSSR count). The second-order valence-corrected chi connectivity index (χ2v) is 3.25. The van der Waals surface area contributed by atoms with Crippen molar-refractivity contribution in [2.75, 3.05) is 13.2 Å². The van der Waals surface area contributed by atoms with Crippen LogP contribution in [0.4, 0.5) is 5.69 Å². The normalized spacial score (nSPS) is 10.0. The zero-order chi connectivity index (χ0) is 13.0. The predicted molar refractivity (Wildman–Crippen MR) is 57.4 cm³/mol. The van der Waals surface area contributed by atoms with Crippen molar-refractivity contribution in [3.05, 3.63) is 33.4 Å². The minimum absolute atomic E-state index is 0.0545. The summed E-state index contributed by atoms with van der Waals surface area (Å²) in [6, 6.07) is 2.17. The molecule has 0 heterocycles. The van der Waals surface area contributed by atoms with Gasteiger partial charge in [0.05, 0.1) is 22.7 Å². The molecule has 0 aliphatic heterocycles. The SMILES string of the molecule is Cc1c(OCCO)cc(C(=O)O)cc1[N+](=O)[O-]. The van der Waals surface area contributed by atoms with Gasteiger partial charge in [-0.25, -0.2) is 4.79 Å². The first kappa shape index (κ1) is 12.9. The van der Waals surface area contributed by atoms with Crippen LogP contribution in [0.5, 0.6) is 5.75 Å². The summed E-state index contributed by atoms with van der Waals surface area (Å²) < 4.78 is 5.05. The van der Waals surface area contributed by atoms with E-state index in [-0.39, 0.29) is 35.8 Å². The van der Waals surface area contributed by atoms with E-state index in [9.17, 15) is 14.9 Å². The highest BCUT2D eigenvalue weighted by atomic mass is 16.6.